The zero-order chi connectivity index (χ0) is 25.4. The predicted octanol–water partition coefficient (Wildman–Crippen LogP) is 5.25. The highest BCUT2D eigenvalue weighted by molar-refractivity contribution is 6.31. The van der Waals surface area contributed by atoms with Gasteiger partial charge in [-0.25, -0.2) is 4.99 Å². The van der Waals surface area contributed by atoms with E-state index in [1.165, 1.54) is 0 Å². The van der Waals surface area contributed by atoms with Crippen molar-refractivity contribution in [2.24, 2.45) is 4.99 Å². The van der Waals surface area contributed by atoms with Crippen LogP contribution in [0.3, 0.4) is 0 Å². The quantitative estimate of drug-likeness (QED) is 0.276. The first-order valence-electron chi connectivity index (χ1n) is 11.9. The van der Waals surface area contributed by atoms with Crippen LogP contribution in [0.15, 0.2) is 96.5 Å². The van der Waals surface area contributed by atoms with E-state index in [4.69, 9.17) is 31.2 Å². The van der Waals surface area contributed by atoms with Crippen LogP contribution < -0.4 is 10.1 Å². The number of rotatable bonds is 11. The van der Waals surface area contributed by atoms with Gasteiger partial charge in [0.15, 0.2) is 11.6 Å². The summed E-state index contributed by atoms with van der Waals surface area (Å²) in [5.74, 6) is 0.788. The summed E-state index contributed by atoms with van der Waals surface area (Å²) < 4.78 is 12.0. The molecule has 6 nitrogen and oxygen atoms in total. The molecule has 186 valence electrons. The molecule has 0 spiro atoms. The van der Waals surface area contributed by atoms with Gasteiger partial charge in [0.2, 0.25) is 5.90 Å². The molecule has 1 aliphatic rings. The summed E-state index contributed by atoms with van der Waals surface area (Å²) in [5.41, 5.74) is 1.15. The Balaban J connectivity index is 1.65. The van der Waals surface area contributed by atoms with Crippen LogP contribution in [0.1, 0.15) is 35.6 Å². The molecule has 0 radical (unpaired) electrons. The second-order valence-corrected chi connectivity index (χ2v) is 8.87. The molecule has 1 aliphatic heterocycles. The molecule has 0 aromatic heterocycles. The zero-order valence-corrected chi connectivity index (χ0v) is 20.7. The van der Waals surface area contributed by atoms with Gasteiger partial charge in [-0.05, 0) is 41.5 Å². The van der Waals surface area contributed by atoms with E-state index >= 15 is 0 Å². The second kappa shape index (κ2) is 11.9. The van der Waals surface area contributed by atoms with Crippen LogP contribution in [0.2, 0.25) is 5.02 Å². The van der Waals surface area contributed by atoms with Gasteiger partial charge < -0.3 is 19.9 Å². The smallest absolute Gasteiger partial charge is 0.252 e. The van der Waals surface area contributed by atoms with E-state index in [2.05, 4.69) is 11.9 Å². The molecule has 0 fully saturated rings. The molecule has 3 aromatic carbocycles. The van der Waals surface area contributed by atoms with E-state index in [1.807, 2.05) is 72.8 Å². The molecule has 3 aromatic rings. The normalized spacial score (nSPS) is 18.7. The van der Waals surface area contributed by atoms with Gasteiger partial charge >= 0.3 is 0 Å². The fourth-order valence-electron chi connectivity index (χ4n) is 4.13. The van der Waals surface area contributed by atoms with Gasteiger partial charge in [-0.15, -0.1) is 6.58 Å². The van der Waals surface area contributed by atoms with Crippen molar-refractivity contribution >= 4 is 23.4 Å². The number of aliphatic hydroxyl groups is 1. The Morgan fingerprint density at radius 3 is 2.53 bits per heavy atom. The summed E-state index contributed by atoms with van der Waals surface area (Å²) in [6.45, 7) is 4.67. The number of nitrogens with zero attached hydrogens (tertiary/aromatic N) is 1. The third-order valence-corrected chi connectivity index (χ3v) is 6.35. The minimum absolute atomic E-state index is 0.0769. The zero-order valence-electron chi connectivity index (χ0n) is 19.9. The van der Waals surface area contributed by atoms with Crippen molar-refractivity contribution in [3.8, 4) is 5.75 Å². The summed E-state index contributed by atoms with van der Waals surface area (Å²) in [4.78, 5) is 18.7. The Labute approximate surface area is 216 Å². The Bertz CT molecular complexity index is 1210. The number of aliphatic imine (C=N–C) groups is 1. The molecule has 0 saturated carbocycles. The number of aliphatic hydroxyl groups excluding tert-OH is 1. The number of benzene rings is 3. The first-order valence-corrected chi connectivity index (χ1v) is 12.2. The average Bonchev–Trinajstić information content (AvgIpc) is 3.30. The molecule has 0 unspecified atom stereocenters. The van der Waals surface area contributed by atoms with Crippen molar-refractivity contribution in [1.29, 1.82) is 0 Å². The minimum atomic E-state index is -1.24. The monoisotopic (exact) mass is 504 g/mol. The number of hydrogen-bond donors (Lipinski definition) is 2. The molecule has 36 heavy (non-hydrogen) atoms. The lowest BCUT2D eigenvalue weighted by molar-refractivity contribution is -0.129. The SMILES string of the molecule is C=CC[C@@]1(C(=O)NCc2ccccc2Cl)N=C(c2ccc(OCCCO)cc2)O[C@@H]1c1ccccc1. The third-order valence-electron chi connectivity index (χ3n) is 5.99. The van der Waals surface area contributed by atoms with Gasteiger partial charge in [0.1, 0.15) is 5.75 Å². The van der Waals surface area contributed by atoms with E-state index in [9.17, 15) is 4.79 Å². The van der Waals surface area contributed by atoms with Crippen molar-refractivity contribution in [3.05, 3.63) is 113 Å². The third kappa shape index (κ3) is 5.61. The Morgan fingerprint density at radius 2 is 1.83 bits per heavy atom. The summed E-state index contributed by atoms with van der Waals surface area (Å²) in [6, 6.07) is 24.3. The van der Waals surface area contributed by atoms with Crippen LogP contribution >= 0.6 is 11.6 Å². The van der Waals surface area contributed by atoms with Crippen molar-refractivity contribution in [1.82, 2.24) is 5.32 Å². The summed E-state index contributed by atoms with van der Waals surface area (Å²) >= 11 is 6.30. The maximum atomic E-state index is 13.8. The van der Waals surface area contributed by atoms with Crippen molar-refractivity contribution in [2.45, 2.75) is 31.0 Å². The van der Waals surface area contributed by atoms with Crippen molar-refractivity contribution < 1.29 is 19.4 Å². The Morgan fingerprint density at radius 1 is 1.11 bits per heavy atom. The number of nitrogens with one attached hydrogen (secondary N) is 1. The number of halogens is 1. The van der Waals surface area contributed by atoms with E-state index in [1.54, 1.807) is 12.1 Å². The van der Waals surface area contributed by atoms with Crippen LogP contribution in [0.25, 0.3) is 0 Å². The standard InChI is InChI=1S/C29H29ClN2O4/c1-2-17-29(28(34)31-20-23-11-6-7-12-25(23)30)26(21-9-4-3-5-10-21)36-27(32-29)22-13-15-24(16-14-22)35-19-8-18-33/h2-7,9-16,26,33H,1,8,17-20H2,(H,31,34)/t26-,29-/m1/s1. The van der Waals surface area contributed by atoms with Crippen molar-refractivity contribution in [3.63, 3.8) is 0 Å². The first-order chi connectivity index (χ1) is 17.6. The largest absolute Gasteiger partial charge is 0.494 e. The maximum absolute atomic E-state index is 13.8. The number of ether oxygens (including phenoxy) is 2. The number of carbonyl (C=O) groups excluding carboxylic acids is 1. The van der Waals surface area contributed by atoms with Gasteiger partial charge in [-0.2, -0.15) is 0 Å². The number of hydrogen-bond acceptors (Lipinski definition) is 5. The molecule has 0 bridgehead atoms. The van der Waals surface area contributed by atoms with Crippen LogP contribution in [0, 0.1) is 0 Å². The van der Waals surface area contributed by atoms with E-state index in [-0.39, 0.29) is 25.5 Å². The molecule has 1 heterocycles. The fourth-order valence-corrected chi connectivity index (χ4v) is 4.34. The Hall–Kier alpha value is -3.61. The lowest BCUT2D eigenvalue weighted by atomic mass is 9.84. The minimum Gasteiger partial charge on any atom is -0.494 e. The fraction of sp³-hybridized carbons (Fsp3) is 0.241. The van der Waals surface area contributed by atoms with Crippen LogP contribution in [0.4, 0.5) is 0 Å². The van der Waals surface area contributed by atoms with Gasteiger partial charge in [0, 0.05) is 36.6 Å². The van der Waals surface area contributed by atoms with E-state index in [0.29, 0.717) is 29.7 Å². The lowest BCUT2D eigenvalue weighted by Crippen LogP contribution is -2.47. The number of carbonyl (C=O) groups is 1. The van der Waals surface area contributed by atoms with Gasteiger partial charge in [0.05, 0.1) is 6.61 Å². The summed E-state index contributed by atoms with van der Waals surface area (Å²) in [7, 11) is 0. The van der Waals surface area contributed by atoms with E-state index < -0.39 is 11.6 Å². The van der Waals surface area contributed by atoms with Crippen molar-refractivity contribution in [2.75, 3.05) is 13.2 Å². The molecule has 2 atom stereocenters. The highest BCUT2D eigenvalue weighted by Gasteiger charge is 2.52. The van der Waals surface area contributed by atoms with Gasteiger partial charge in [0.25, 0.3) is 5.91 Å². The van der Waals surface area contributed by atoms with E-state index in [0.717, 1.165) is 16.7 Å². The average molecular weight is 505 g/mol. The summed E-state index contributed by atoms with van der Waals surface area (Å²) in [6.07, 6.45) is 1.90. The summed E-state index contributed by atoms with van der Waals surface area (Å²) in [5, 5.41) is 12.6. The molecule has 1 amide bonds. The van der Waals surface area contributed by atoms with Crippen LogP contribution in [0.5, 0.6) is 5.75 Å². The topological polar surface area (TPSA) is 80.2 Å². The Kier molecular flexibility index (Phi) is 8.41. The predicted molar refractivity (Wildman–Crippen MR) is 141 cm³/mol. The first kappa shape index (κ1) is 25.5. The molecular weight excluding hydrogens is 476 g/mol. The maximum Gasteiger partial charge on any atom is 0.252 e. The molecule has 7 heteroatoms. The highest BCUT2D eigenvalue weighted by atomic mass is 35.5. The van der Waals surface area contributed by atoms with Crippen LogP contribution in [-0.2, 0) is 16.1 Å². The van der Waals surface area contributed by atoms with Crippen LogP contribution in [-0.4, -0.2) is 35.7 Å². The van der Waals surface area contributed by atoms with Gasteiger partial charge in [-0.3, -0.25) is 4.79 Å². The molecule has 2 N–H and O–H groups in total. The molecule has 0 saturated heterocycles. The highest BCUT2D eigenvalue weighted by Crippen LogP contribution is 2.42. The molecular formula is C29H29ClN2O4. The van der Waals surface area contributed by atoms with Gasteiger partial charge in [-0.1, -0.05) is 66.2 Å². The lowest BCUT2D eigenvalue weighted by Gasteiger charge is -2.29. The molecule has 0 aliphatic carbocycles. The second-order valence-electron chi connectivity index (χ2n) is 8.47. The number of amides is 1. The molecule has 4 rings (SSSR count).